The Morgan fingerprint density at radius 2 is 1.82 bits per heavy atom. The van der Waals surface area contributed by atoms with Crippen molar-refractivity contribution in [3.63, 3.8) is 0 Å². The molecule has 3 heterocycles. The fourth-order valence-electron chi connectivity index (χ4n) is 4.14. The maximum atomic E-state index is 6.42. The first-order chi connectivity index (χ1) is 16.6. The van der Waals surface area contributed by atoms with Crippen LogP contribution in [0.25, 0.3) is 22.2 Å². The van der Waals surface area contributed by atoms with Gasteiger partial charge in [-0.1, -0.05) is 43.6 Å². The third-order valence-electron chi connectivity index (χ3n) is 6.08. The van der Waals surface area contributed by atoms with Crippen LogP contribution in [0, 0.1) is 0 Å². The predicted molar refractivity (Wildman–Crippen MR) is 138 cm³/mol. The Kier molecular flexibility index (Phi) is 6.72. The molecule has 0 spiro atoms. The van der Waals surface area contributed by atoms with Gasteiger partial charge in [0.1, 0.15) is 11.6 Å². The molecule has 0 amide bonds. The van der Waals surface area contributed by atoms with E-state index < -0.39 is 0 Å². The minimum Gasteiger partial charge on any atom is -0.379 e. The number of hydrogen-bond acceptors (Lipinski definition) is 6. The van der Waals surface area contributed by atoms with Crippen molar-refractivity contribution in [2.75, 3.05) is 31.6 Å². The summed E-state index contributed by atoms with van der Waals surface area (Å²) in [4.78, 5) is 16.6. The molecule has 1 saturated heterocycles. The van der Waals surface area contributed by atoms with Crippen LogP contribution in [0.4, 0.5) is 11.5 Å². The number of anilines is 2. The Morgan fingerprint density at radius 1 is 1.03 bits per heavy atom. The first-order valence-electron chi connectivity index (χ1n) is 11.7. The van der Waals surface area contributed by atoms with Gasteiger partial charge in [-0.25, -0.2) is 9.97 Å². The Hall–Kier alpha value is -3.06. The molecule has 0 bridgehead atoms. The van der Waals surface area contributed by atoms with Gasteiger partial charge in [-0.15, -0.1) is 0 Å². The predicted octanol–water partition coefficient (Wildman–Crippen LogP) is 6.04. The van der Waals surface area contributed by atoms with E-state index in [9.17, 15) is 0 Å². The van der Waals surface area contributed by atoms with Gasteiger partial charge in [0.05, 0.1) is 36.0 Å². The highest BCUT2D eigenvalue weighted by molar-refractivity contribution is 6.33. The summed E-state index contributed by atoms with van der Waals surface area (Å²) in [5.41, 5.74) is 4.85. The first-order valence-corrected chi connectivity index (χ1v) is 12.0. The Balaban J connectivity index is 1.54. The van der Waals surface area contributed by atoms with Crippen LogP contribution in [-0.4, -0.2) is 46.2 Å². The van der Waals surface area contributed by atoms with Crippen molar-refractivity contribution in [3.8, 4) is 11.3 Å². The van der Waals surface area contributed by atoms with Crippen LogP contribution in [0.2, 0.25) is 5.02 Å². The summed E-state index contributed by atoms with van der Waals surface area (Å²) >= 11 is 6.42. The minimum absolute atomic E-state index is 0.492. The summed E-state index contributed by atoms with van der Waals surface area (Å²) in [6.45, 7) is 8.31. The van der Waals surface area contributed by atoms with Gasteiger partial charge in [-0.2, -0.15) is 0 Å². The number of fused-ring (bicyclic) bond motifs is 1. The SMILES string of the molecule is CC(C)c1ccc(Nc2nc(CN3CCOCC3)nc3cc(-c4ncccc4Cl)ccc23)cc1. The molecule has 0 aliphatic carbocycles. The maximum absolute atomic E-state index is 6.42. The molecule has 7 heteroatoms. The van der Waals surface area contributed by atoms with Crippen LogP contribution in [-0.2, 0) is 11.3 Å². The molecular formula is C27H28ClN5O. The van der Waals surface area contributed by atoms with E-state index in [1.165, 1.54) is 5.56 Å². The first kappa shape index (κ1) is 22.7. The fourth-order valence-corrected chi connectivity index (χ4v) is 4.37. The summed E-state index contributed by atoms with van der Waals surface area (Å²) in [5, 5.41) is 5.10. The topological polar surface area (TPSA) is 63.2 Å². The van der Waals surface area contributed by atoms with E-state index in [0.29, 0.717) is 17.5 Å². The highest BCUT2D eigenvalue weighted by Crippen LogP contribution is 2.31. The minimum atomic E-state index is 0.492. The van der Waals surface area contributed by atoms with Crippen LogP contribution in [0.15, 0.2) is 60.8 Å². The Bertz CT molecular complexity index is 1290. The number of aromatic nitrogens is 3. The number of rotatable bonds is 6. The van der Waals surface area contributed by atoms with Crippen molar-refractivity contribution < 1.29 is 4.74 Å². The van der Waals surface area contributed by atoms with Crippen LogP contribution in [0.3, 0.4) is 0 Å². The van der Waals surface area contributed by atoms with E-state index in [4.69, 9.17) is 26.3 Å². The zero-order valence-electron chi connectivity index (χ0n) is 19.5. The van der Waals surface area contributed by atoms with E-state index in [1.807, 2.05) is 30.3 Å². The number of pyridine rings is 1. The lowest BCUT2D eigenvalue weighted by molar-refractivity contribution is 0.0331. The maximum Gasteiger partial charge on any atom is 0.145 e. The fraction of sp³-hybridized carbons (Fsp3) is 0.296. The zero-order chi connectivity index (χ0) is 23.5. The van der Waals surface area contributed by atoms with E-state index in [1.54, 1.807) is 6.20 Å². The molecule has 1 aliphatic heterocycles. The quantitative estimate of drug-likeness (QED) is 0.368. The van der Waals surface area contributed by atoms with E-state index >= 15 is 0 Å². The molecule has 0 radical (unpaired) electrons. The highest BCUT2D eigenvalue weighted by atomic mass is 35.5. The molecule has 0 atom stereocenters. The second-order valence-electron chi connectivity index (χ2n) is 8.84. The van der Waals surface area contributed by atoms with E-state index in [0.717, 1.165) is 65.8 Å². The number of morpholine rings is 1. The van der Waals surface area contributed by atoms with Crippen molar-refractivity contribution in [1.82, 2.24) is 19.9 Å². The number of nitrogens with zero attached hydrogens (tertiary/aromatic N) is 4. The molecule has 5 rings (SSSR count). The standard InChI is InChI=1S/C27H28ClN5O/c1-18(2)19-5-8-21(9-6-19)30-27-22-10-7-20(26-23(28)4-3-11-29-26)16-24(22)31-25(32-27)17-33-12-14-34-15-13-33/h3-11,16,18H,12-15,17H2,1-2H3,(H,30,31,32). The van der Waals surface area contributed by atoms with Gasteiger partial charge in [-0.05, 0) is 47.9 Å². The summed E-state index contributed by atoms with van der Waals surface area (Å²) < 4.78 is 5.50. The summed E-state index contributed by atoms with van der Waals surface area (Å²) in [6, 6.07) is 18.3. The van der Waals surface area contributed by atoms with Crippen LogP contribution in [0.1, 0.15) is 31.2 Å². The molecule has 1 aliphatic rings. The molecule has 2 aromatic heterocycles. The number of halogens is 1. The lowest BCUT2D eigenvalue weighted by atomic mass is 10.0. The molecule has 1 fully saturated rings. The average Bonchev–Trinajstić information content (AvgIpc) is 2.85. The number of benzene rings is 2. The zero-order valence-corrected chi connectivity index (χ0v) is 20.2. The van der Waals surface area contributed by atoms with Crippen molar-refractivity contribution in [3.05, 3.63) is 77.2 Å². The normalized spacial score (nSPS) is 14.6. The molecule has 6 nitrogen and oxygen atoms in total. The van der Waals surface area contributed by atoms with Crippen LogP contribution >= 0.6 is 11.6 Å². The molecule has 34 heavy (non-hydrogen) atoms. The van der Waals surface area contributed by atoms with Gasteiger partial charge >= 0.3 is 0 Å². The largest absolute Gasteiger partial charge is 0.379 e. The number of hydrogen-bond donors (Lipinski definition) is 1. The smallest absolute Gasteiger partial charge is 0.145 e. The van der Waals surface area contributed by atoms with Gasteiger partial charge in [0.25, 0.3) is 0 Å². The second kappa shape index (κ2) is 10.1. The molecule has 0 unspecified atom stereocenters. The third-order valence-corrected chi connectivity index (χ3v) is 6.39. The molecule has 1 N–H and O–H groups in total. The summed E-state index contributed by atoms with van der Waals surface area (Å²) in [7, 11) is 0. The van der Waals surface area contributed by atoms with Crippen LogP contribution < -0.4 is 5.32 Å². The van der Waals surface area contributed by atoms with Crippen molar-refractivity contribution in [2.24, 2.45) is 0 Å². The second-order valence-corrected chi connectivity index (χ2v) is 9.25. The summed E-state index contributed by atoms with van der Waals surface area (Å²) in [6.07, 6.45) is 1.75. The molecule has 4 aromatic rings. The van der Waals surface area contributed by atoms with Crippen molar-refractivity contribution in [1.29, 1.82) is 0 Å². The summed E-state index contributed by atoms with van der Waals surface area (Å²) in [5.74, 6) is 2.06. The van der Waals surface area contributed by atoms with Crippen molar-refractivity contribution >= 4 is 34.0 Å². The van der Waals surface area contributed by atoms with E-state index in [2.05, 4.69) is 53.3 Å². The Labute approximate surface area is 205 Å². The number of ether oxygens (including phenoxy) is 1. The van der Waals surface area contributed by atoms with Gasteiger partial charge < -0.3 is 10.1 Å². The monoisotopic (exact) mass is 473 g/mol. The molecule has 174 valence electrons. The Morgan fingerprint density at radius 3 is 2.56 bits per heavy atom. The lowest BCUT2D eigenvalue weighted by Crippen LogP contribution is -2.36. The average molecular weight is 474 g/mol. The van der Waals surface area contributed by atoms with Gasteiger partial charge in [0.2, 0.25) is 0 Å². The van der Waals surface area contributed by atoms with Crippen LogP contribution in [0.5, 0.6) is 0 Å². The lowest BCUT2D eigenvalue weighted by Gasteiger charge is -2.26. The van der Waals surface area contributed by atoms with Crippen molar-refractivity contribution in [2.45, 2.75) is 26.3 Å². The third kappa shape index (κ3) is 5.04. The van der Waals surface area contributed by atoms with Gasteiger partial charge in [-0.3, -0.25) is 9.88 Å². The molecular weight excluding hydrogens is 446 g/mol. The van der Waals surface area contributed by atoms with E-state index in [-0.39, 0.29) is 0 Å². The highest BCUT2D eigenvalue weighted by Gasteiger charge is 2.16. The van der Waals surface area contributed by atoms with Gasteiger partial charge in [0, 0.05) is 35.9 Å². The van der Waals surface area contributed by atoms with Gasteiger partial charge in [0.15, 0.2) is 0 Å². The number of nitrogens with one attached hydrogen (secondary N) is 1. The molecule has 2 aromatic carbocycles. The molecule has 0 saturated carbocycles.